The molecule has 0 aromatic carbocycles. The van der Waals surface area contributed by atoms with Gasteiger partial charge in [-0.15, -0.1) is 11.3 Å². The zero-order valence-electron chi connectivity index (χ0n) is 26.4. The molecule has 4 aromatic rings. The topological polar surface area (TPSA) is 294 Å². The number of hydrogen-bond acceptors (Lipinski definition) is 12. The molecule has 1 saturated carbocycles. The van der Waals surface area contributed by atoms with Crippen molar-refractivity contribution in [2.75, 3.05) is 18.5 Å². The molecular weight excluding hydrogens is 681 g/mol. The summed E-state index contributed by atoms with van der Waals surface area (Å²) >= 11 is 1.24. The maximum absolute atomic E-state index is 13.1. The van der Waals surface area contributed by atoms with Crippen molar-refractivity contribution in [3.63, 3.8) is 0 Å². The Morgan fingerprint density at radius 2 is 2.02 bits per heavy atom. The second kappa shape index (κ2) is 17.2. The lowest BCUT2D eigenvalue weighted by atomic mass is 9.89. The Hall–Kier alpha value is -4.56. The number of rotatable bonds is 15. The van der Waals surface area contributed by atoms with Gasteiger partial charge in [0.1, 0.15) is 22.4 Å². The highest BCUT2D eigenvalue weighted by molar-refractivity contribution is 7.46. The summed E-state index contributed by atoms with van der Waals surface area (Å²) in [5.41, 5.74) is 17.8. The number of nitrogens with two attached hydrogens (primary N) is 3. The van der Waals surface area contributed by atoms with Crippen molar-refractivity contribution < 1.29 is 38.3 Å². The largest absolute Gasteiger partial charge is 0.480 e. The number of carbonyl (C=O) groups is 2. The van der Waals surface area contributed by atoms with Crippen LogP contribution >= 0.6 is 19.2 Å². The van der Waals surface area contributed by atoms with E-state index in [-0.39, 0.29) is 23.8 Å². The summed E-state index contributed by atoms with van der Waals surface area (Å²) in [5, 5.41) is 22.2. The van der Waals surface area contributed by atoms with Gasteiger partial charge in [0, 0.05) is 42.7 Å². The standard InChI is InChI=1S/C22H24N7O6PS.C6H14N4O2/c1-2-34-16-7-15(8-16)29-11-18(20(27-29)17-5-3-4-6-23-17)25-21(30)19-12-37-22(26-19)14-9-24-28(10-14)13-35-36(31,32)33;7-4(5(11)12)2-1-3-10-6(8)9/h3-6,9-12,15-16H,2,7-8,13H2,1H3,(H,25,30)(H2,31,32,33);4H,1-3,7H2,(H,11,12)(H4,8,9,10). The van der Waals surface area contributed by atoms with Crippen LogP contribution in [0, 0.1) is 0 Å². The summed E-state index contributed by atoms with van der Waals surface area (Å²) in [5.74, 6) is -1.39. The fourth-order valence-electron chi connectivity index (χ4n) is 4.51. The van der Waals surface area contributed by atoms with Gasteiger partial charge < -0.3 is 42.1 Å². The van der Waals surface area contributed by atoms with Crippen LogP contribution < -0.4 is 22.5 Å². The van der Waals surface area contributed by atoms with Crippen molar-refractivity contribution in [2.45, 2.75) is 57.5 Å². The first kappa shape index (κ1) is 37.3. The Balaban J connectivity index is 0.000000386. The number of nitrogens with zero attached hydrogens (tertiary/aromatic N) is 7. The number of nitrogens with one attached hydrogen (secondary N) is 1. The van der Waals surface area contributed by atoms with Gasteiger partial charge in [-0.2, -0.15) is 10.2 Å². The number of hydrogen-bond donors (Lipinski definition) is 7. The molecule has 0 saturated heterocycles. The first-order chi connectivity index (χ1) is 23.3. The fourth-order valence-corrected chi connectivity index (χ4v) is 5.55. The molecule has 1 unspecified atom stereocenters. The van der Waals surface area contributed by atoms with Gasteiger partial charge in [-0.1, -0.05) is 6.07 Å². The molecule has 264 valence electrons. The highest BCUT2D eigenvalue weighted by Gasteiger charge is 2.32. The van der Waals surface area contributed by atoms with Crippen LogP contribution in [0.1, 0.15) is 49.1 Å². The van der Waals surface area contributed by atoms with Crippen LogP contribution in [0.25, 0.3) is 22.0 Å². The number of anilines is 1. The monoisotopic (exact) mass is 719 g/mol. The fraction of sp³-hybridized carbons (Fsp3) is 0.393. The molecule has 1 aliphatic rings. The van der Waals surface area contributed by atoms with Crippen LogP contribution in [-0.2, 0) is 25.4 Å². The predicted molar refractivity (Wildman–Crippen MR) is 179 cm³/mol. The van der Waals surface area contributed by atoms with Gasteiger partial charge in [-0.05, 0) is 44.7 Å². The molecule has 0 radical (unpaired) electrons. The molecule has 49 heavy (non-hydrogen) atoms. The maximum atomic E-state index is 13.1. The van der Waals surface area contributed by atoms with Gasteiger partial charge in [0.25, 0.3) is 5.91 Å². The Bertz CT molecular complexity index is 1760. The normalized spacial score (nSPS) is 16.2. The number of phosphoric acid groups is 1. The molecule has 0 bridgehead atoms. The molecule has 1 fully saturated rings. The molecule has 21 heteroatoms. The van der Waals surface area contributed by atoms with Crippen LogP contribution in [-0.4, -0.2) is 87.6 Å². The zero-order chi connectivity index (χ0) is 35.6. The van der Waals surface area contributed by atoms with Gasteiger partial charge in [-0.3, -0.25) is 28.8 Å². The van der Waals surface area contributed by atoms with Gasteiger partial charge in [0.05, 0.1) is 29.7 Å². The minimum Gasteiger partial charge on any atom is -0.480 e. The van der Waals surface area contributed by atoms with Crippen molar-refractivity contribution in [3.05, 3.63) is 54.1 Å². The summed E-state index contributed by atoms with van der Waals surface area (Å²) in [4.78, 5) is 53.5. The second-order valence-electron chi connectivity index (χ2n) is 10.7. The minimum atomic E-state index is -4.62. The van der Waals surface area contributed by atoms with E-state index < -0.39 is 32.5 Å². The van der Waals surface area contributed by atoms with Crippen molar-refractivity contribution in [1.82, 2.24) is 29.5 Å². The summed E-state index contributed by atoms with van der Waals surface area (Å²) in [6.45, 7) is 2.65. The Labute approximate surface area is 284 Å². The molecule has 1 amide bonds. The highest BCUT2D eigenvalue weighted by atomic mass is 32.1. The van der Waals surface area contributed by atoms with E-state index in [0.29, 0.717) is 53.6 Å². The average Bonchev–Trinajstić information content (AvgIpc) is 3.80. The van der Waals surface area contributed by atoms with Crippen molar-refractivity contribution in [3.8, 4) is 22.0 Å². The Morgan fingerprint density at radius 3 is 2.67 bits per heavy atom. The SMILES string of the molecule is CCOC1CC(n2cc(NC(=O)c3csc(-c4cnn(COP(=O)(O)O)c4)n3)c(-c3ccccn3)n2)C1.NC(N)=NCCCC(N)C(=O)O. The number of aliphatic carboxylic acids is 1. The molecule has 0 spiro atoms. The van der Waals surface area contributed by atoms with Crippen LogP contribution in [0.15, 0.2) is 53.4 Å². The first-order valence-electron chi connectivity index (χ1n) is 15.0. The number of aliphatic imine (C=N–C) groups is 1. The molecule has 19 nitrogen and oxygen atoms in total. The van der Waals surface area contributed by atoms with Crippen molar-refractivity contribution in [2.24, 2.45) is 22.2 Å². The van der Waals surface area contributed by atoms with E-state index in [1.165, 1.54) is 28.4 Å². The second-order valence-corrected chi connectivity index (χ2v) is 12.8. The number of ether oxygens (including phenoxy) is 1. The molecular formula is C28H38N11O8PS. The van der Waals surface area contributed by atoms with Crippen LogP contribution in [0.2, 0.25) is 0 Å². The van der Waals surface area contributed by atoms with Gasteiger partial charge in [-0.25, -0.2) is 14.2 Å². The molecule has 1 aliphatic carbocycles. The molecule has 1 atom stereocenters. The maximum Gasteiger partial charge on any atom is 0.471 e. The lowest BCUT2D eigenvalue weighted by Crippen LogP contribution is -2.33. The van der Waals surface area contributed by atoms with E-state index in [1.54, 1.807) is 11.6 Å². The molecule has 10 N–H and O–H groups in total. The zero-order valence-corrected chi connectivity index (χ0v) is 28.1. The number of aromatic nitrogens is 6. The van der Waals surface area contributed by atoms with Gasteiger partial charge >= 0.3 is 13.8 Å². The lowest BCUT2D eigenvalue weighted by molar-refractivity contribution is -0.138. The number of amides is 1. The summed E-state index contributed by atoms with van der Waals surface area (Å²) in [6.07, 6.45) is 9.36. The summed E-state index contributed by atoms with van der Waals surface area (Å²) < 4.78 is 24.1. The summed E-state index contributed by atoms with van der Waals surface area (Å²) in [7, 11) is -4.62. The molecule has 5 rings (SSSR count). The lowest BCUT2D eigenvalue weighted by Gasteiger charge is -2.34. The van der Waals surface area contributed by atoms with Crippen LogP contribution in [0.3, 0.4) is 0 Å². The van der Waals surface area contributed by atoms with Gasteiger partial charge in [0.15, 0.2) is 12.7 Å². The summed E-state index contributed by atoms with van der Waals surface area (Å²) in [6, 6.07) is 4.87. The van der Waals surface area contributed by atoms with E-state index in [4.69, 9.17) is 41.9 Å². The number of guanidine groups is 1. The number of carboxylic acids is 1. The predicted octanol–water partition coefficient (Wildman–Crippen LogP) is 1.78. The smallest absolute Gasteiger partial charge is 0.471 e. The van der Waals surface area contributed by atoms with Gasteiger partial charge in [0.2, 0.25) is 0 Å². The van der Waals surface area contributed by atoms with Crippen molar-refractivity contribution >= 4 is 42.7 Å². The Kier molecular flexibility index (Phi) is 13.1. The van der Waals surface area contributed by atoms with E-state index in [9.17, 15) is 14.2 Å². The van der Waals surface area contributed by atoms with E-state index in [1.807, 2.05) is 36.0 Å². The minimum absolute atomic E-state index is 0.0129. The molecule has 4 heterocycles. The van der Waals surface area contributed by atoms with E-state index in [2.05, 4.69) is 29.9 Å². The Morgan fingerprint density at radius 1 is 1.24 bits per heavy atom. The highest BCUT2D eigenvalue weighted by Crippen LogP contribution is 2.37. The molecule has 0 aliphatic heterocycles. The number of thiazole rings is 1. The third-order valence-electron chi connectivity index (χ3n) is 6.99. The number of carbonyl (C=O) groups excluding carboxylic acids is 1. The number of phosphoric ester groups is 1. The first-order valence-corrected chi connectivity index (χ1v) is 17.4. The van der Waals surface area contributed by atoms with Crippen LogP contribution in [0.5, 0.6) is 0 Å². The number of pyridine rings is 1. The number of carboxylic acid groups (broad SMARTS) is 1. The van der Waals surface area contributed by atoms with E-state index in [0.717, 1.165) is 12.8 Å². The molecule has 4 aromatic heterocycles. The third kappa shape index (κ3) is 11.2. The average molecular weight is 720 g/mol. The van der Waals surface area contributed by atoms with Crippen LogP contribution in [0.4, 0.5) is 5.69 Å². The van der Waals surface area contributed by atoms with Crippen molar-refractivity contribution in [1.29, 1.82) is 0 Å². The quantitative estimate of drug-likeness (QED) is 0.0399. The van der Waals surface area contributed by atoms with E-state index >= 15 is 0 Å². The third-order valence-corrected chi connectivity index (χ3v) is 8.34.